The average Bonchev–Trinajstić information content (AvgIpc) is 3.43. The lowest BCUT2D eigenvalue weighted by Crippen LogP contribution is -2.11. The minimum Gasteiger partial charge on any atom is -0.493 e. The number of fused-ring (bicyclic) bond motifs is 1. The topological polar surface area (TPSA) is 48.7 Å². The van der Waals surface area contributed by atoms with Crippen LogP contribution in [0.3, 0.4) is 0 Å². The van der Waals surface area contributed by atoms with Crippen LogP contribution in [0.25, 0.3) is 28.2 Å². The lowest BCUT2D eigenvalue weighted by atomic mass is 10.1. The van der Waals surface area contributed by atoms with Crippen molar-refractivity contribution in [3.05, 3.63) is 66.4 Å². The lowest BCUT2D eigenvalue weighted by molar-refractivity contribution is 0.201. The molecule has 5 rings (SSSR count). The van der Waals surface area contributed by atoms with E-state index in [1.807, 2.05) is 47.1 Å². The summed E-state index contributed by atoms with van der Waals surface area (Å²) in [6.07, 6.45) is 6.76. The van der Waals surface area contributed by atoms with Gasteiger partial charge >= 0.3 is 0 Å². The predicted molar refractivity (Wildman–Crippen MR) is 118 cm³/mol. The molecule has 0 aliphatic heterocycles. The van der Waals surface area contributed by atoms with Gasteiger partial charge in [0.05, 0.1) is 24.6 Å². The highest BCUT2D eigenvalue weighted by Crippen LogP contribution is 2.35. The van der Waals surface area contributed by atoms with Crippen molar-refractivity contribution in [2.24, 2.45) is 0 Å². The fraction of sp³-hybridized carbons (Fsp3) is 0.280. The molecule has 2 aromatic carbocycles. The second-order valence-corrected chi connectivity index (χ2v) is 7.83. The first-order chi connectivity index (χ1) is 14.7. The largest absolute Gasteiger partial charge is 0.493 e. The number of rotatable bonds is 5. The van der Waals surface area contributed by atoms with E-state index in [-0.39, 0.29) is 6.10 Å². The molecule has 1 aliphatic carbocycles. The van der Waals surface area contributed by atoms with Crippen molar-refractivity contribution in [2.75, 3.05) is 7.11 Å². The highest BCUT2D eigenvalue weighted by atomic mass is 16.5. The molecular formula is C25H25N3O2. The standard InChI is InChI=1S/C25H25N3O2/c1-17-7-3-6-10-20(17)21-16-25-26-14-13-22(28(25)27-21)18-11-12-23(29-2)24(15-18)30-19-8-4-5-9-19/h3,6-7,10-16,19H,4-5,8-9H2,1-2H3. The summed E-state index contributed by atoms with van der Waals surface area (Å²) in [4.78, 5) is 4.53. The fourth-order valence-electron chi connectivity index (χ4n) is 4.22. The van der Waals surface area contributed by atoms with Gasteiger partial charge < -0.3 is 9.47 Å². The van der Waals surface area contributed by atoms with Crippen LogP contribution in [0.1, 0.15) is 31.2 Å². The molecule has 1 aliphatic rings. The van der Waals surface area contributed by atoms with Crippen LogP contribution in [-0.2, 0) is 0 Å². The van der Waals surface area contributed by atoms with E-state index >= 15 is 0 Å². The Balaban J connectivity index is 1.58. The van der Waals surface area contributed by atoms with Crippen LogP contribution < -0.4 is 9.47 Å². The molecule has 0 N–H and O–H groups in total. The summed E-state index contributed by atoms with van der Waals surface area (Å²) in [7, 11) is 1.68. The highest BCUT2D eigenvalue weighted by Gasteiger charge is 2.19. The maximum atomic E-state index is 6.29. The summed E-state index contributed by atoms with van der Waals surface area (Å²) >= 11 is 0. The van der Waals surface area contributed by atoms with E-state index in [1.165, 1.54) is 18.4 Å². The molecule has 2 aromatic heterocycles. The molecule has 0 spiro atoms. The van der Waals surface area contributed by atoms with Gasteiger partial charge in [-0.05, 0) is 62.4 Å². The van der Waals surface area contributed by atoms with E-state index in [0.717, 1.165) is 52.5 Å². The van der Waals surface area contributed by atoms with Crippen LogP contribution in [0.4, 0.5) is 0 Å². The Kier molecular flexibility index (Phi) is 4.87. The maximum Gasteiger partial charge on any atom is 0.162 e. The summed E-state index contributed by atoms with van der Waals surface area (Å²) in [5.74, 6) is 1.55. The zero-order valence-corrected chi connectivity index (χ0v) is 17.3. The van der Waals surface area contributed by atoms with E-state index in [9.17, 15) is 0 Å². The van der Waals surface area contributed by atoms with Crippen LogP contribution in [-0.4, -0.2) is 27.8 Å². The number of benzene rings is 2. The number of methoxy groups -OCH3 is 1. The molecule has 2 heterocycles. The molecule has 1 saturated carbocycles. The van der Waals surface area contributed by atoms with Gasteiger partial charge in [0.25, 0.3) is 0 Å². The second-order valence-electron chi connectivity index (χ2n) is 7.83. The average molecular weight is 399 g/mol. The number of nitrogens with zero attached hydrogens (tertiary/aromatic N) is 3. The Hall–Kier alpha value is -3.34. The Bertz CT molecular complexity index is 1190. The van der Waals surface area contributed by atoms with Crippen LogP contribution in [0, 0.1) is 6.92 Å². The molecule has 0 bridgehead atoms. The number of aromatic nitrogens is 3. The summed E-state index contributed by atoms with van der Waals surface area (Å²) in [5, 5.41) is 4.88. The zero-order valence-electron chi connectivity index (χ0n) is 17.3. The number of hydrogen-bond donors (Lipinski definition) is 0. The fourth-order valence-corrected chi connectivity index (χ4v) is 4.22. The maximum absolute atomic E-state index is 6.29. The smallest absolute Gasteiger partial charge is 0.162 e. The summed E-state index contributed by atoms with van der Waals surface area (Å²) in [6, 6.07) is 18.4. The van der Waals surface area contributed by atoms with E-state index in [4.69, 9.17) is 14.6 Å². The van der Waals surface area contributed by atoms with Gasteiger partial charge in [0.2, 0.25) is 0 Å². The van der Waals surface area contributed by atoms with Crippen molar-refractivity contribution in [1.82, 2.24) is 14.6 Å². The Labute approximate surface area is 176 Å². The van der Waals surface area contributed by atoms with Crippen molar-refractivity contribution < 1.29 is 9.47 Å². The Morgan fingerprint density at radius 2 is 1.80 bits per heavy atom. The number of aryl methyl sites for hydroxylation is 1. The number of ether oxygens (including phenoxy) is 2. The summed E-state index contributed by atoms with van der Waals surface area (Å²) in [5.41, 5.74) is 6.05. The van der Waals surface area contributed by atoms with Gasteiger partial charge in [-0.15, -0.1) is 0 Å². The molecule has 5 heteroatoms. The van der Waals surface area contributed by atoms with Gasteiger partial charge in [-0.3, -0.25) is 0 Å². The molecule has 0 radical (unpaired) electrons. The second kappa shape index (κ2) is 7.82. The Morgan fingerprint density at radius 1 is 0.967 bits per heavy atom. The first-order valence-corrected chi connectivity index (χ1v) is 10.5. The van der Waals surface area contributed by atoms with Crippen molar-refractivity contribution in [3.8, 4) is 34.0 Å². The monoisotopic (exact) mass is 399 g/mol. The molecular weight excluding hydrogens is 374 g/mol. The Morgan fingerprint density at radius 3 is 2.60 bits per heavy atom. The van der Waals surface area contributed by atoms with Gasteiger partial charge in [0.15, 0.2) is 17.1 Å². The van der Waals surface area contributed by atoms with E-state index in [2.05, 4.69) is 30.1 Å². The highest BCUT2D eigenvalue weighted by molar-refractivity contribution is 5.71. The van der Waals surface area contributed by atoms with Crippen molar-refractivity contribution in [3.63, 3.8) is 0 Å². The molecule has 0 amide bonds. The van der Waals surface area contributed by atoms with Crippen LogP contribution >= 0.6 is 0 Å². The normalized spacial score (nSPS) is 14.3. The third-order valence-electron chi connectivity index (χ3n) is 5.83. The van der Waals surface area contributed by atoms with Crippen LogP contribution in [0.15, 0.2) is 60.8 Å². The SMILES string of the molecule is COc1ccc(-c2ccnc3cc(-c4ccccc4C)nn23)cc1OC1CCCC1. The minimum absolute atomic E-state index is 0.268. The predicted octanol–water partition coefficient (Wildman–Crippen LogP) is 5.70. The lowest BCUT2D eigenvalue weighted by Gasteiger charge is -2.17. The molecule has 30 heavy (non-hydrogen) atoms. The van der Waals surface area contributed by atoms with E-state index < -0.39 is 0 Å². The first-order valence-electron chi connectivity index (χ1n) is 10.5. The molecule has 1 fully saturated rings. The third kappa shape index (κ3) is 3.41. The van der Waals surface area contributed by atoms with Gasteiger partial charge in [0.1, 0.15) is 0 Å². The van der Waals surface area contributed by atoms with Gasteiger partial charge in [-0.2, -0.15) is 5.10 Å². The van der Waals surface area contributed by atoms with Crippen molar-refractivity contribution >= 4 is 5.65 Å². The molecule has 5 nitrogen and oxygen atoms in total. The van der Waals surface area contributed by atoms with Gasteiger partial charge in [-0.1, -0.05) is 24.3 Å². The quantitative estimate of drug-likeness (QED) is 0.432. The first kappa shape index (κ1) is 18.7. The molecule has 4 aromatic rings. The van der Waals surface area contributed by atoms with Crippen LogP contribution in [0.5, 0.6) is 11.5 Å². The summed E-state index contributed by atoms with van der Waals surface area (Å²) < 4.78 is 13.7. The molecule has 0 saturated heterocycles. The van der Waals surface area contributed by atoms with Crippen molar-refractivity contribution in [1.29, 1.82) is 0 Å². The van der Waals surface area contributed by atoms with Crippen molar-refractivity contribution in [2.45, 2.75) is 38.7 Å². The minimum atomic E-state index is 0.268. The van der Waals surface area contributed by atoms with Crippen LogP contribution in [0.2, 0.25) is 0 Å². The zero-order chi connectivity index (χ0) is 20.5. The van der Waals surface area contributed by atoms with E-state index in [1.54, 1.807) is 7.11 Å². The van der Waals surface area contributed by atoms with Gasteiger partial charge in [0, 0.05) is 23.4 Å². The molecule has 0 unspecified atom stereocenters. The van der Waals surface area contributed by atoms with Gasteiger partial charge in [-0.25, -0.2) is 9.50 Å². The number of hydrogen-bond acceptors (Lipinski definition) is 4. The third-order valence-corrected chi connectivity index (χ3v) is 5.83. The molecule has 0 atom stereocenters. The summed E-state index contributed by atoms with van der Waals surface area (Å²) in [6.45, 7) is 2.10. The molecule has 152 valence electrons. The van der Waals surface area contributed by atoms with E-state index in [0.29, 0.717) is 0 Å².